The van der Waals surface area contributed by atoms with Crippen molar-refractivity contribution in [3.8, 4) is 0 Å². The van der Waals surface area contributed by atoms with E-state index in [-0.39, 0.29) is 17.5 Å². The molecule has 0 spiro atoms. The molecule has 1 aliphatic carbocycles. The summed E-state index contributed by atoms with van der Waals surface area (Å²) in [6.07, 6.45) is 5.04. The van der Waals surface area contributed by atoms with E-state index in [2.05, 4.69) is 5.32 Å². The number of hydrogen-bond acceptors (Lipinski definition) is 3. The third kappa shape index (κ3) is 4.30. The Bertz CT molecular complexity index is 264. The van der Waals surface area contributed by atoms with Crippen LogP contribution >= 0.6 is 0 Å². The van der Waals surface area contributed by atoms with Crippen molar-refractivity contribution in [1.29, 1.82) is 0 Å². The van der Waals surface area contributed by atoms with Crippen LogP contribution in [0.15, 0.2) is 0 Å². The van der Waals surface area contributed by atoms with Gasteiger partial charge in [-0.15, -0.1) is 0 Å². The van der Waals surface area contributed by atoms with Crippen LogP contribution in [0.4, 0.5) is 0 Å². The smallest absolute Gasteiger partial charge is 0.222 e. The van der Waals surface area contributed by atoms with E-state index >= 15 is 0 Å². The van der Waals surface area contributed by atoms with Crippen molar-refractivity contribution in [2.45, 2.75) is 44.2 Å². The minimum absolute atomic E-state index is 0.0184. The molecule has 0 heterocycles. The van der Waals surface area contributed by atoms with E-state index in [1.165, 1.54) is 0 Å². The largest absolute Gasteiger partial charge is 0.353 e. The van der Waals surface area contributed by atoms with Gasteiger partial charge in [0.2, 0.25) is 5.91 Å². The summed E-state index contributed by atoms with van der Waals surface area (Å²) in [7, 11) is -0.869. The normalized spacial score (nSPS) is 22.6. The first-order valence-corrected chi connectivity index (χ1v) is 7.02. The molecule has 1 fully saturated rings. The lowest BCUT2D eigenvalue weighted by atomic mass is 9.75. The molecule has 0 aromatic carbocycles. The van der Waals surface area contributed by atoms with Gasteiger partial charge in [-0.1, -0.05) is 0 Å². The molecule has 4 nitrogen and oxygen atoms in total. The van der Waals surface area contributed by atoms with Crippen LogP contribution in [0.1, 0.15) is 32.6 Å². The summed E-state index contributed by atoms with van der Waals surface area (Å²) in [5.41, 5.74) is 5.69. The van der Waals surface area contributed by atoms with Crippen LogP contribution in [0.25, 0.3) is 0 Å². The molecule has 5 heteroatoms. The lowest BCUT2D eigenvalue weighted by molar-refractivity contribution is -0.123. The van der Waals surface area contributed by atoms with Gasteiger partial charge in [-0.3, -0.25) is 9.00 Å². The van der Waals surface area contributed by atoms with Crippen LogP contribution in [0.5, 0.6) is 0 Å². The Kier molecular flexibility index (Phi) is 4.28. The number of amides is 1. The predicted molar refractivity (Wildman–Crippen MR) is 61.9 cm³/mol. The monoisotopic (exact) mass is 232 g/mol. The Hall–Kier alpha value is -0.420. The number of carbonyl (C=O) groups excluding carboxylic acids is 1. The molecule has 1 aliphatic rings. The van der Waals surface area contributed by atoms with Crippen LogP contribution in [0.2, 0.25) is 0 Å². The molecule has 1 rings (SSSR count). The van der Waals surface area contributed by atoms with Crippen LogP contribution in [0.3, 0.4) is 0 Å². The van der Waals surface area contributed by atoms with E-state index in [1.807, 2.05) is 6.92 Å². The maximum atomic E-state index is 11.6. The average molecular weight is 232 g/mol. The van der Waals surface area contributed by atoms with E-state index in [1.54, 1.807) is 6.26 Å². The molecule has 15 heavy (non-hydrogen) atoms. The molecular weight excluding hydrogens is 212 g/mol. The molecule has 0 aromatic rings. The highest BCUT2D eigenvalue weighted by Crippen LogP contribution is 2.31. The van der Waals surface area contributed by atoms with E-state index in [0.717, 1.165) is 19.3 Å². The Labute approximate surface area is 93.4 Å². The Morgan fingerprint density at radius 2 is 2.20 bits per heavy atom. The van der Waals surface area contributed by atoms with Crippen LogP contribution in [-0.4, -0.2) is 33.7 Å². The standard InChI is InChI=1S/C10H20N2O2S/c1-8(7-15(2)14)12-9(13)6-10(11)4-3-5-10/h8H,3-7,11H2,1-2H3,(H,12,13). The maximum absolute atomic E-state index is 11.6. The van der Waals surface area contributed by atoms with Crippen LogP contribution < -0.4 is 11.1 Å². The molecule has 1 amide bonds. The molecule has 1 saturated carbocycles. The lowest BCUT2D eigenvalue weighted by Gasteiger charge is -2.37. The lowest BCUT2D eigenvalue weighted by Crippen LogP contribution is -2.51. The fourth-order valence-corrected chi connectivity index (χ4v) is 2.63. The highest BCUT2D eigenvalue weighted by atomic mass is 32.2. The summed E-state index contributed by atoms with van der Waals surface area (Å²) in [4.78, 5) is 11.6. The first kappa shape index (κ1) is 12.6. The van der Waals surface area contributed by atoms with Gasteiger partial charge in [-0.2, -0.15) is 0 Å². The third-order valence-electron chi connectivity index (χ3n) is 2.75. The summed E-state index contributed by atoms with van der Waals surface area (Å²) in [6, 6.07) is -0.0352. The summed E-state index contributed by atoms with van der Waals surface area (Å²) in [6.45, 7) is 1.86. The second-order valence-electron chi connectivity index (χ2n) is 4.60. The zero-order valence-corrected chi connectivity index (χ0v) is 10.2. The molecule has 0 saturated heterocycles. The number of hydrogen-bond donors (Lipinski definition) is 2. The number of carbonyl (C=O) groups is 1. The van der Waals surface area contributed by atoms with Crippen molar-refractivity contribution in [2.24, 2.45) is 5.73 Å². The zero-order chi connectivity index (χ0) is 11.5. The van der Waals surface area contributed by atoms with Crippen LogP contribution in [0, 0.1) is 0 Å². The summed E-state index contributed by atoms with van der Waals surface area (Å²) < 4.78 is 10.9. The maximum Gasteiger partial charge on any atom is 0.222 e. The van der Waals surface area contributed by atoms with Crippen molar-refractivity contribution >= 4 is 16.7 Å². The van der Waals surface area contributed by atoms with Gasteiger partial charge in [0.05, 0.1) is 0 Å². The fourth-order valence-electron chi connectivity index (χ4n) is 1.85. The summed E-state index contributed by atoms with van der Waals surface area (Å²) in [5, 5.41) is 2.82. The van der Waals surface area contributed by atoms with Gasteiger partial charge < -0.3 is 11.1 Å². The van der Waals surface area contributed by atoms with Gasteiger partial charge in [0.1, 0.15) is 0 Å². The third-order valence-corrected chi connectivity index (χ3v) is 3.72. The molecule has 0 radical (unpaired) electrons. The minimum Gasteiger partial charge on any atom is -0.353 e. The van der Waals surface area contributed by atoms with E-state index in [0.29, 0.717) is 12.2 Å². The van der Waals surface area contributed by atoms with E-state index in [4.69, 9.17) is 5.73 Å². The number of nitrogens with two attached hydrogens (primary N) is 1. The second kappa shape index (κ2) is 5.07. The number of nitrogens with one attached hydrogen (secondary N) is 1. The van der Waals surface area contributed by atoms with E-state index in [9.17, 15) is 9.00 Å². The Morgan fingerprint density at radius 3 is 2.60 bits per heavy atom. The molecular formula is C10H20N2O2S. The Morgan fingerprint density at radius 1 is 1.60 bits per heavy atom. The van der Waals surface area contributed by atoms with Crippen molar-refractivity contribution in [3.05, 3.63) is 0 Å². The predicted octanol–water partition coefficient (Wildman–Crippen LogP) is 0.141. The first-order valence-electron chi connectivity index (χ1n) is 5.29. The topological polar surface area (TPSA) is 72.2 Å². The van der Waals surface area contributed by atoms with Crippen molar-refractivity contribution in [2.75, 3.05) is 12.0 Å². The quantitative estimate of drug-likeness (QED) is 0.708. The van der Waals surface area contributed by atoms with Gasteiger partial charge >= 0.3 is 0 Å². The van der Waals surface area contributed by atoms with Crippen LogP contribution in [-0.2, 0) is 15.6 Å². The van der Waals surface area contributed by atoms with Gasteiger partial charge in [-0.25, -0.2) is 0 Å². The summed E-state index contributed by atoms with van der Waals surface area (Å²) >= 11 is 0. The average Bonchev–Trinajstić information content (AvgIpc) is 1.98. The van der Waals surface area contributed by atoms with Gasteiger partial charge in [0.15, 0.2) is 0 Å². The number of rotatable bonds is 5. The van der Waals surface area contributed by atoms with Crippen molar-refractivity contribution in [1.82, 2.24) is 5.32 Å². The molecule has 88 valence electrons. The first-order chi connectivity index (χ1) is 6.91. The fraction of sp³-hybridized carbons (Fsp3) is 0.900. The SMILES string of the molecule is CC(CS(C)=O)NC(=O)CC1(N)CCC1. The van der Waals surface area contributed by atoms with Gasteiger partial charge in [0, 0.05) is 40.8 Å². The minimum atomic E-state index is -0.869. The van der Waals surface area contributed by atoms with Crippen molar-refractivity contribution in [3.63, 3.8) is 0 Å². The highest BCUT2D eigenvalue weighted by molar-refractivity contribution is 7.84. The molecule has 2 unspecified atom stereocenters. The second-order valence-corrected chi connectivity index (χ2v) is 6.08. The van der Waals surface area contributed by atoms with E-state index < -0.39 is 10.8 Å². The van der Waals surface area contributed by atoms with Crippen molar-refractivity contribution < 1.29 is 9.00 Å². The molecule has 0 aliphatic heterocycles. The zero-order valence-electron chi connectivity index (χ0n) is 9.41. The molecule has 2 atom stereocenters. The summed E-state index contributed by atoms with van der Waals surface area (Å²) in [5.74, 6) is 0.485. The molecule has 3 N–H and O–H groups in total. The van der Waals surface area contributed by atoms with Gasteiger partial charge in [-0.05, 0) is 26.2 Å². The van der Waals surface area contributed by atoms with Gasteiger partial charge in [0.25, 0.3) is 0 Å². The molecule has 0 aromatic heterocycles. The Balaban J connectivity index is 2.26. The molecule has 0 bridgehead atoms. The highest BCUT2D eigenvalue weighted by Gasteiger charge is 2.34.